The van der Waals surface area contributed by atoms with Crippen LogP contribution >= 0.6 is 0 Å². The molecule has 1 N–H and O–H groups in total. The van der Waals surface area contributed by atoms with E-state index < -0.39 is 18.3 Å². The van der Waals surface area contributed by atoms with Gasteiger partial charge in [0.15, 0.2) is 0 Å². The molecule has 0 unspecified atom stereocenters. The number of hydrogen-bond donors (Lipinski definition) is 1. The van der Waals surface area contributed by atoms with Crippen molar-refractivity contribution >= 4 is 39.2 Å². The van der Waals surface area contributed by atoms with Gasteiger partial charge in [-0.05, 0) is 55.0 Å². The first-order valence-corrected chi connectivity index (χ1v) is 9.72. The zero-order valence-electron chi connectivity index (χ0n) is 18.5. The van der Waals surface area contributed by atoms with Crippen LogP contribution in [0.3, 0.4) is 0 Å². The molecule has 0 aromatic heterocycles. The lowest BCUT2D eigenvalue weighted by molar-refractivity contribution is 0.00578. The first-order chi connectivity index (χ1) is 11.9. The van der Waals surface area contributed by atoms with Gasteiger partial charge >= 0.3 is 7.12 Å². The molecule has 1 heterocycles. The van der Waals surface area contributed by atoms with Gasteiger partial charge in [-0.2, -0.15) is 0 Å². The van der Waals surface area contributed by atoms with Gasteiger partial charge in [-0.25, -0.2) is 0 Å². The van der Waals surface area contributed by atoms with Crippen molar-refractivity contribution < 1.29 is 14.4 Å². The summed E-state index contributed by atoms with van der Waals surface area (Å²) in [6.07, 6.45) is 0. The van der Waals surface area contributed by atoms with Crippen LogP contribution in [0.5, 0.6) is 5.75 Å². The van der Waals surface area contributed by atoms with Crippen LogP contribution in [-0.2, 0) is 20.1 Å². The molecule has 0 bridgehead atoms. The van der Waals surface area contributed by atoms with Crippen molar-refractivity contribution in [2.24, 2.45) is 5.41 Å². The Morgan fingerprint density at radius 3 is 1.56 bits per heavy atom. The molecule has 1 aromatic carbocycles. The molecule has 3 rings (SSSR count). The van der Waals surface area contributed by atoms with Crippen molar-refractivity contribution in [3.05, 3.63) is 11.1 Å². The molecule has 3 nitrogen and oxygen atoms in total. The number of fused-ring (bicyclic) bond motifs is 1. The summed E-state index contributed by atoms with van der Waals surface area (Å²) in [7, 11) is 12.4. The predicted octanol–water partition coefficient (Wildman–Crippen LogP) is 1.87. The zero-order valence-corrected chi connectivity index (χ0v) is 18.5. The standard InChI is InChI=1S/C21H31B3O3/c1-17(2)11-12(18(3,4)19(17,5)6)16(25)14(23)15(13(11)22)24-26-20(7,8)21(9,10)27-24/h25H,1-10H3. The highest BCUT2D eigenvalue weighted by Gasteiger charge is 2.60. The number of aromatic hydroxyl groups is 1. The van der Waals surface area contributed by atoms with Gasteiger partial charge in [-0.3, -0.25) is 0 Å². The van der Waals surface area contributed by atoms with E-state index in [-0.39, 0.29) is 27.5 Å². The van der Waals surface area contributed by atoms with Gasteiger partial charge in [0.25, 0.3) is 0 Å². The zero-order chi connectivity index (χ0) is 21.0. The molecule has 142 valence electrons. The lowest BCUT2D eigenvalue weighted by Gasteiger charge is -2.44. The van der Waals surface area contributed by atoms with Gasteiger partial charge in [0.2, 0.25) is 0 Å². The summed E-state index contributed by atoms with van der Waals surface area (Å²) in [4.78, 5) is 0. The van der Waals surface area contributed by atoms with E-state index in [1.807, 2.05) is 27.7 Å². The molecule has 0 atom stereocenters. The second-order valence-electron chi connectivity index (χ2n) is 10.8. The van der Waals surface area contributed by atoms with Crippen LogP contribution in [0.2, 0.25) is 0 Å². The molecule has 1 saturated heterocycles. The summed E-state index contributed by atoms with van der Waals surface area (Å²) in [5.41, 5.74) is 1.43. The number of rotatable bonds is 1. The molecule has 0 amide bonds. The van der Waals surface area contributed by atoms with Crippen molar-refractivity contribution in [2.75, 3.05) is 0 Å². The van der Waals surface area contributed by atoms with Crippen LogP contribution in [-0.4, -0.2) is 39.1 Å². The van der Waals surface area contributed by atoms with Crippen molar-refractivity contribution in [3.63, 3.8) is 0 Å². The molecule has 4 radical (unpaired) electrons. The second kappa shape index (κ2) is 5.39. The number of hydrogen-bond acceptors (Lipinski definition) is 3. The molecule has 1 fully saturated rings. The Labute approximate surface area is 167 Å². The first kappa shape index (κ1) is 20.9. The molecule has 0 spiro atoms. The normalized spacial score (nSPS) is 26.2. The van der Waals surface area contributed by atoms with Crippen molar-refractivity contribution in [2.45, 2.75) is 91.3 Å². The molecular weight excluding hydrogens is 333 g/mol. The smallest absolute Gasteiger partial charge is 0.493 e. The van der Waals surface area contributed by atoms with E-state index in [0.717, 1.165) is 11.1 Å². The minimum Gasteiger partial charge on any atom is -0.508 e. The maximum Gasteiger partial charge on any atom is 0.493 e. The Kier molecular flexibility index (Phi) is 4.16. The Morgan fingerprint density at radius 2 is 1.11 bits per heavy atom. The summed E-state index contributed by atoms with van der Waals surface area (Å²) in [6, 6.07) is 0. The molecule has 0 saturated carbocycles. The van der Waals surface area contributed by atoms with Crippen molar-refractivity contribution in [1.82, 2.24) is 0 Å². The van der Waals surface area contributed by atoms with E-state index in [9.17, 15) is 5.11 Å². The molecule has 6 heteroatoms. The van der Waals surface area contributed by atoms with Crippen molar-refractivity contribution in [3.8, 4) is 5.75 Å². The lowest BCUT2D eigenvalue weighted by Crippen LogP contribution is -2.55. The summed E-state index contributed by atoms with van der Waals surface area (Å²) in [5, 5.41) is 11.2. The molecule has 27 heavy (non-hydrogen) atoms. The van der Waals surface area contributed by atoms with Gasteiger partial charge in [0.1, 0.15) is 21.4 Å². The van der Waals surface area contributed by atoms with E-state index in [1.165, 1.54) is 0 Å². The maximum absolute atomic E-state index is 11.2. The van der Waals surface area contributed by atoms with Gasteiger partial charge in [0.05, 0.1) is 11.2 Å². The third-order valence-corrected chi connectivity index (χ3v) is 8.46. The lowest BCUT2D eigenvalue weighted by atomic mass is 9.58. The molecule has 1 aliphatic heterocycles. The molecular formula is C21H31B3O3. The van der Waals surface area contributed by atoms with Crippen LogP contribution in [0.25, 0.3) is 0 Å². The van der Waals surface area contributed by atoms with Crippen LogP contribution in [0, 0.1) is 5.41 Å². The SMILES string of the molecule is [B]c1c(O)c2c(c([B])c1B1OC(C)(C)C(C)(C)O1)C(C)(C)C(C)(C)C2(C)C. The Bertz CT molecular complexity index is 807. The first-order valence-electron chi connectivity index (χ1n) is 9.72. The van der Waals surface area contributed by atoms with Gasteiger partial charge in [0, 0.05) is 5.56 Å². The fraction of sp³-hybridized carbons (Fsp3) is 0.714. The average molecular weight is 364 g/mol. The predicted molar refractivity (Wildman–Crippen MR) is 114 cm³/mol. The average Bonchev–Trinajstić information content (AvgIpc) is 2.75. The van der Waals surface area contributed by atoms with E-state index in [2.05, 4.69) is 41.5 Å². The van der Waals surface area contributed by atoms with Gasteiger partial charge < -0.3 is 14.4 Å². The Hall–Kier alpha value is -0.865. The fourth-order valence-corrected chi connectivity index (χ4v) is 4.67. The highest BCUT2D eigenvalue weighted by molar-refractivity contribution is 6.73. The Morgan fingerprint density at radius 1 is 0.704 bits per heavy atom. The number of phenols is 1. The van der Waals surface area contributed by atoms with E-state index in [4.69, 9.17) is 25.0 Å². The van der Waals surface area contributed by atoms with Gasteiger partial charge in [-0.15, -0.1) is 0 Å². The molecule has 2 aliphatic rings. The van der Waals surface area contributed by atoms with Crippen molar-refractivity contribution in [1.29, 1.82) is 0 Å². The van der Waals surface area contributed by atoms with E-state index in [0.29, 0.717) is 10.9 Å². The second-order valence-corrected chi connectivity index (χ2v) is 10.8. The fourth-order valence-electron chi connectivity index (χ4n) is 4.67. The minimum atomic E-state index is -0.714. The largest absolute Gasteiger partial charge is 0.508 e. The molecule has 1 aliphatic carbocycles. The topological polar surface area (TPSA) is 38.7 Å². The summed E-state index contributed by atoms with van der Waals surface area (Å²) >= 11 is 0. The molecule has 1 aromatic rings. The highest BCUT2D eigenvalue weighted by atomic mass is 16.7. The number of benzene rings is 1. The van der Waals surface area contributed by atoms with Crippen LogP contribution in [0.15, 0.2) is 0 Å². The third kappa shape index (κ3) is 2.32. The van der Waals surface area contributed by atoms with Crippen LogP contribution in [0.1, 0.15) is 80.4 Å². The summed E-state index contributed by atoms with van der Waals surface area (Å²) in [6.45, 7) is 21.0. The highest BCUT2D eigenvalue weighted by Crippen LogP contribution is 2.62. The van der Waals surface area contributed by atoms with E-state index in [1.54, 1.807) is 0 Å². The van der Waals surface area contributed by atoms with Crippen LogP contribution in [0.4, 0.5) is 0 Å². The quantitative estimate of drug-likeness (QED) is 0.774. The van der Waals surface area contributed by atoms with Gasteiger partial charge in [-0.1, -0.05) is 52.5 Å². The van der Waals surface area contributed by atoms with Crippen LogP contribution < -0.4 is 16.4 Å². The minimum absolute atomic E-state index is 0.104. The number of phenolic OH excluding ortho intramolecular Hbond substituents is 1. The maximum atomic E-state index is 11.2. The Balaban J connectivity index is 2.31. The summed E-state index contributed by atoms with van der Waals surface area (Å²) < 4.78 is 12.4. The van der Waals surface area contributed by atoms with E-state index >= 15 is 0 Å². The summed E-state index contributed by atoms with van der Waals surface area (Å²) in [5.74, 6) is 0.104. The third-order valence-electron chi connectivity index (χ3n) is 8.46. The monoisotopic (exact) mass is 364 g/mol.